The molecule has 0 spiro atoms. The minimum absolute atomic E-state index is 0.0142. The third-order valence-electron chi connectivity index (χ3n) is 5.40. The molecule has 33 heavy (non-hydrogen) atoms. The maximum absolute atomic E-state index is 12.2. The number of hydrogen-bond donors (Lipinski definition) is 2. The Labute approximate surface area is 198 Å². The summed E-state index contributed by atoms with van der Waals surface area (Å²) in [7, 11) is 1.37. The number of carboxylic acid groups (broad SMARTS) is 1. The zero-order chi connectivity index (χ0) is 23.4. The molecule has 0 radical (unpaired) electrons. The molecular formula is C24H22N2O5S2. The third-order valence-corrected chi connectivity index (χ3v) is 7.26. The van der Waals surface area contributed by atoms with E-state index in [0.717, 1.165) is 15.4 Å². The molecule has 2 aromatic carbocycles. The number of ether oxygens (including phenoxy) is 1. The van der Waals surface area contributed by atoms with Crippen LogP contribution < -0.4 is 9.04 Å². The second-order valence-electron chi connectivity index (χ2n) is 7.55. The van der Waals surface area contributed by atoms with Crippen LogP contribution >= 0.6 is 11.3 Å². The van der Waals surface area contributed by atoms with Gasteiger partial charge >= 0.3 is 5.97 Å². The number of aromatic nitrogens is 1. The van der Waals surface area contributed by atoms with Crippen molar-refractivity contribution in [1.29, 1.82) is 0 Å². The second kappa shape index (κ2) is 10.2. The molecule has 1 aliphatic carbocycles. The highest BCUT2D eigenvalue weighted by Gasteiger charge is 2.23. The average Bonchev–Trinajstić information content (AvgIpc) is 3.51. The van der Waals surface area contributed by atoms with E-state index in [1.54, 1.807) is 0 Å². The quantitative estimate of drug-likeness (QED) is 0.364. The van der Waals surface area contributed by atoms with Crippen molar-refractivity contribution in [2.45, 2.75) is 25.7 Å². The summed E-state index contributed by atoms with van der Waals surface area (Å²) in [6, 6.07) is 11.9. The molecule has 170 valence electrons. The number of hydrogen-bond acceptors (Lipinski definition) is 5. The minimum atomic E-state index is -2.43. The summed E-state index contributed by atoms with van der Waals surface area (Å²) in [5, 5.41) is 10.3. The highest BCUT2D eigenvalue weighted by Crippen LogP contribution is 2.40. The monoisotopic (exact) mass is 482 g/mol. The summed E-state index contributed by atoms with van der Waals surface area (Å²) >= 11 is -1.19. The second-order valence-corrected chi connectivity index (χ2v) is 9.38. The summed E-state index contributed by atoms with van der Waals surface area (Å²) in [5.74, 6) is 6.14. The zero-order valence-electron chi connectivity index (χ0n) is 17.9. The van der Waals surface area contributed by atoms with E-state index in [9.17, 15) is 18.7 Å². The SMILES string of the molecule is COc1cc(C(=O)O)ccc1N(c1cnc(-c2ccc(C#CC3CCCC3)cc2)s1)S(=O)O. The normalized spacial score (nSPS) is 14.4. The van der Waals surface area contributed by atoms with Crippen LogP contribution in [-0.4, -0.2) is 31.9 Å². The Bertz CT molecular complexity index is 1240. The molecule has 1 saturated carbocycles. The summed E-state index contributed by atoms with van der Waals surface area (Å²) in [6.45, 7) is 0. The molecule has 1 aromatic heterocycles. The highest BCUT2D eigenvalue weighted by molar-refractivity contribution is 7.81. The Kier molecular flexibility index (Phi) is 7.08. The molecule has 4 rings (SSSR count). The number of benzene rings is 2. The lowest BCUT2D eigenvalue weighted by Crippen LogP contribution is -2.19. The molecule has 7 nitrogen and oxygen atoms in total. The van der Waals surface area contributed by atoms with Crippen LogP contribution in [0.5, 0.6) is 5.75 Å². The van der Waals surface area contributed by atoms with Crippen LogP contribution in [-0.2, 0) is 11.3 Å². The number of thiazole rings is 1. The van der Waals surface area contributed by atoms with Crippen molar-refractivity contribution in [2.24, 2.45) is 5.92 Å². The van der Waals surface area contributed by atoms with Crippen molar-refractivity contribution in [3.63, 3.8) is 0 Å². The first-order valence-electron chi connectivity index (χ1n) is 10.4. The predicted octanol–water partition coefficient (Wildman–Crippen LogP) is 5.33. The molecule has 9 heteroatoms. The average molecular weight is 483 g/mol. The van der Waals surface area contributed by atoms with E-state index in [0.29, 0.717) is 15.9 Å². The van der Waals surface area contributed by atoms with Gasteiger partial charge in [-0.1, -0.05) is 48.2 Å². The van der Waals surface area contributed by atoms with E-state index in [4.69, 9.17) is 4.74 Å². The first-order chi connectivity index (χ1) is 16.0. The van der Waals surface area contributed by atoms with Gasteiger partial charge in [0.25, 0.3) is 11.3 Å². The van der Waals surface area contributed by atoms with Crippen LogP contribution in [0.4, 0.5) is 10.7 Å². The third kappa shape index (κ3) is 5.25. The van der Waals surface area contributed by atoms with E-state index in [1.807, 2.05) is 24.3 Å². The van der Waals surface area contributed by atoms with E-state index in [-0.39, 0.29) is 17.0 Å². The lowest BCUT2D eigenvalue weighted by molar-refractivity contribution is 0.0696. The number of aromatic carboxylic acids is 1. The molecule has 3 aromatic rings. The van der Waals surface area contributed by atoms with Gasteiger partial charge in [-0.25, -0.2) is 18.3 Å². The fraction of sp³-hybridized carbons (Fsp3) is 0.250. The smallest absolute Gasteiger partial charge is 0.335 e. The summed E-state index contributed by atoms with van der Waals surface area (Å²) in [4.78, 5) is 15.7. The molecule has 0 aliphatic heterocycles. The van der Waals surface area contributed by atoms with Gasteiger partial charge in [0.2, 0.25) is 0 Å². The Hall–Kier alpha value is -3.19. The van der Waals surface area contributed by atoms with Crippen molar-refractivity contribution in [2.75, 3.05) is 11.4 Å². The molecule has 1 atom stereocenters. The standard InChI is InChI=1S/C24H22N2O5S2/c1-31-21-14-19(24(27)28)12-13-20(21)26(33(29)30)22-15-25-23(32-22)18-10-8-17(9-11-18)7-6-16-4-2-3-5-16/h8-16H,2-5H2,1H3,(H,27,28)(H,29,30). The van der Waals surface area contributed by atoms with Gasteiger partial charge in [-0.2, -0.15) is 0 Å². The number of anilines is 2. The Morgan fingerprint density at radius 2 is 1.94 bits per heavy atom. The Morgan fingerprint density at radius 1 is 1.21 bits per heavy atom. The van der Waals surface area contributed by atoms with Gasteiger partial charge < -0.3 is 9.84 Å². The van der Waals surface area contributed by atoms with E-state index < -0.39 is 17.2 Å². The lowest BCUT2D eigenvalue weighted by atomic mass is 10.1. The van der Waals surface area contributed by atoms with Gasteiger partial charge in [-0.15, -0.1) is 0 Å². The fourth-order valence-corrected chi connectivity index (χ4v) is 5.37. The molecule has 0 saturated heterocycles. The van der Waals surface area contributed by atoms with Gasteiger partial charge in [-0.3, -0.25) is 4.55 Å². The zero-order valence-corrected chi connectivity index (χ0v) is 19.5. The van der Waals surface area contributed by atoms with Crippen LogP contribution in [0.3, 0.4) is 0 Å². The van der Waals surface area contributed by atoms with Crippen LogP contribution in [0.15, 0.2) is 48.7 Å². The lowest BCUT2D eigenvalue weighted by Gasteiger charge is -2.20. The number of nitrogens with zero attached hydrogens (tertiary/aromatic N) is 2. The molecular weight excluding hydrogens is 460 g/mol. The van der Waals surface area contributed by atoms with Gasteiger partial charge in [0.1, 0.15) is 15.8 Å². The number of carbonyl (C=O) groups is 1. The highest BCUT2D eigenvalue weighted by atomic mass is 32.2. The summed E-state index contributed by atoms with van der Waals surface area (Å²) in [6.07, 6.45) is 6.39. The van der Waals surface area contributed by atoms with Crippen molar-refractivity contribution in [3.05, 3.63) is 59.8 Å². The van der Waals surface area contributed by atoms with Crippen molar-refractivity contribution < 1.29 is 23.4 Å². The predicted molar refractivity (Wildman–Crippen MR) is 129 cm³/mol. The van der Waals surface area contributed by atoms with Gasteiger partial charge in [0.15, 0.2) is 0 Å². The molecule has 1 aliphatic rings. The summed E-state index contributed by atoms with van der Waals surface area (Å²) < 4.78 is 28.6. The van der Waals surface area contributed by atoms with Crippen LogP contribution in [0.25, 0.3) is 10.6 Å². The van der Waals surface area contributed by atoms with Gasteiger partial charge in [0, 0.05) is 17.0 Å². The first-order valence-corrected chi connectivity index (χ1v) is 12.2. The number of rotatable bonds is 6. The minimum Gasteiger partial charge on any atom is -0.495 e. The van der Waals surface area contributed by atoms with Crippen molar-refractivity contribution in [3.8, 4) is 28.2 Å². The topological polar surface area (TPSA) is 100.0 Å². The number of carboxylic acids is 1. The van der Waals surface area contributed by atoms with E-state index in [1.165, 1.54) is 68.5 Å². The maximum Gasteiger partial charge on any atom is 0.335 e. The van der Waals surface area contributed by atoms with Crippen molar-refractivity contribution in [1.82, 2.24) is 4.98 Å². The fourth-order valence-electron chi connectivity index (χ4n) is 3.70. The molecule has 0 bridgehead atoms. The molecule has 1 heterocycles. The number of methoxy groups -OCH3 is 1. The van der Waals surface area contributed by atoms with Crippen LogP contribution in [0.2, 0.25) is 0 Å². The van der Waals surface area contributed by atoms with Gasteiger partial charge in [-0.05, 0) is 43.2 Å². The molecule has 1 unspecified atom stereocenters. The van der Waals surface area contributed by atoms with Crippen LogP contribution in [0.1, 0.15) is 41.6 Å². The van der Waals surface area contributed by atoms with Gasteiger partial charge in [0.05, 0.1) is 24.6 Å². The van der Waals surface area contributed by atoms with E-state index >= 15 is 0 Å². The molecule has 2 N–H and O–H groups in total. The Morgan fingerprint density at radius 3 is 2.58 bits per heavy atom. The van der Waals surface area contributed by atoms with Crippen LogP contribution in [0, 0.1) is 17.8 Å². The molecule has 0 amide bonds. The first kappa shape index (κ1) is 23.0. The maximum atomic E-state index is 12.2. The van der Waals surface area contributed by atoms with Crippen molar-refractivity contribution >= 4 is 39.3 Å². The van der Waals surface area contributed by atoms with E-state index in [2.05, 4.69) is 16.8 Å². The Balaban J connectivity index is 1.59. The largest absolute Gasteiger partial charge is 0.495 e. The summed E-state index contributed by atoms with van der Waals surface area (Å²) in [5.41, 5.74) is 2.09. The molecule has 1 fully saturated rings.